The number of hydrogen-bond acceptors (Lipinski definition) is 5. The van der Waals surface area contributed by atoms with Gasteiger partial charge in [0.15, 0.2) is 5.78 Å². The van der Waals surface area contributed by atoms with Gasteiger partial charge in [-0.05, 0) is 37.4 Å². The van der Waals surface area contributed by atoms with Gasteiger partial charge in [-0.25, -0.2) is 0 Å². The molecule has 0 saturated carbocycles. The minimum Gasteiger partial charge on any atom is -0.492 e. The second-order valence-corrected chi connectivity index (χ2v) is 6.33. The molecule has 1 heterocycles. The predicted molar refractivity (Wildman–Crippen MR) is 108 cm³/mol. The zero-order valence-corrected chi connectivity index (χ0v) is 15.9. The monoisotopic (exact) mass is 366 g/mol. The Kier molecular flexibility index (Phi) is 6.49. The fourth-order valence-corrected chi connectivity index (χ4v) is 2.98. The molecule has 2 aromatic carbocycles. The van der Waals surface area contributed by atoms with Crippen molar-refractivity contribution in [1.29, 1.82) is 0 Å². The summed E-state index contributed by atoms with van der Waals surface area (Å²) >= 11 is 0. The number of hydrogen-bond donors (Lipinski definition) is 1. The van der Waals surface area contributed by atoms with E-state index in [0.29, 0.717) is 18.1 Å². The van der Waals surface area contributed by atoms with Crippen LogP contribution in [0.4, 0.5) is 5.69 Å². The highest BCUT2D eigenvalue weighted by Crippen LogP contribution is 2.30. The fraction of sp³-hybridized carbons (Fsp3) is 0.318. The average Bonchev–Trinajstić information content (AvgIpc) is 2.85. The number of fused-ring (bicyclic) bond motifs is 1. The third kappa shape index (κ3) is 5.11. The number of ketones is 1. The standard InChI is InChI=1S/C22H26N2O3/c1-3-24(4-2)12-13-26-18-8-7-9-19(15-18)27-22-14-17(25)16-23-21-11-6-5-10-20(21)22/h5-11,14-15,23H,3-4,12-13,16H2,1-2H3. The molecule has 3 rings (SSSR count). The van der Waals surface area contributed by atoms with Crippen LogP contribution < -0.4 is 14.8 Å². The van der Waals surface area contributed by atoms with Crippen LogP contribution in [0.2, 0.25) is 0 Å². The summed E-state index contributed by atoms with van der Waals surface area (Å²) in [5, 5.41) is 3.14. The highest BCUT2D eigenvalue weighted by Gasteiger charge is 2.16. The van der Waals surface area contributed by atoms with Crippen molar-refractivity contribution in [3.8, 4) is 11.5 Å². The molecule has 1 N–H and O–H groups in total. The van der Waals surface area contributed by atoms with Crippen molar-refractivity contribution < 1.29 is 14.3 Å². The molecule has 0 unspecified atom stereocenters. The van der Waals surface area contributed by atoms with Gasteiger partial charge in [0.1, 0.15) is 23.9 Å². The first-order valence-corrected chi connectivity index (χ1v) is 9.40. The molecule has 1 aliphatic heterocycles. The van der Waals surface area contributed by atoms with Crippen molar-refractivity contribution in [2.75, 3.05) is 38.1 Å². The van der Waals surface area contributed by atoms with Gasteiger partial charge in [-0.15, -0.1) is 0 Å². The van der Waals surface area contributed by atoms with E-state index < -0.39 is 0 Å². The SMILES string of the molecule is CCN(CC)CCOc1cccc(OC2=CC(=O)CNc3ccccc32)c1. The van der Waals surface area contributed by atoms with E-state index in [-0.39, 0.29) is 12.3 Å². The summed E-state index contributed by atoms with van der Waals surface area (Å²) in [5.41, 5.74) is 1.76. The minimum atomic E-state index is -0.0205. The summed E-state index contributed by atoms with van der Waals surface area (Å²) in [6.07, 6.45) is 1.55. The van der Waals surface area contributed by atoms with E-state index in [2.05, 4.69) is 24.1 Å². The second kappa shape index (κ2) is 9.24. The maximum absolute atomic E-state index is 12.0. The lowest BCUT2D eigenvalue weighted by molar-refractivity contribution is -0.113. The van der Waals surface area contributed by atoms with Crippen molar-refractivity contribution >= 4 is 17.2 Å². The first-order chi connectivity index (χ1) is 13.2. The summed E-state index contributed by atoms with van der Waals surface area (Å²) in [6.45, 7) is 8.09. The molecule has 0 atom stereocenters. The van der Waals surface area contributed by atoms with E-state index in [1.807, 2.05) is 48.5 Å². The molecule has 5 nitrogen and oxygen atoms in total. The van der Waals surface area contributed by atoms with Crippen LogP contribution in [0.25, 0.3) is 5.76 Å². The fourth-order valence-electron chi connectivity index (χ4n) is 2.98. The van der Waals surface area contributed by atoms with Crippen LogP contribution in [0.1, 0.15) is 19.4 Å². The Morgan fingerprint density at radius 1 is 1.04 bits per heavy atom. The normalized spacial score (nSPS) is 13.4. The molecular formula is C22H26N2O3. The molecule has 142 valence electrons. The Morgan fingerprint density at radius 3 is 2.63 bits per heavy atom. The lowest BCUT2D eigenvalue weighted by Crippen LogP contribution is -2.27. The van der Waals surface area contributed by atoms with Gasteiger partial charge in [0.05, 0.1) is 6.54 Å². The molecule has 0 spiro atoms. The highest BCUT2D eigenvalue weighted by molar-refractivity contribution is 6.01. The summed E-state index contributed by atoms with van der Waals surface area (Å²) < 4.78 is 11.9. The number of likely N-dealkylation sites (N-methyl/N-ethyl adjacent to an activating group) is 1. The van der Waals surface area contributed by atoms with Gasteiger partial charge < -0.3 is 19.7 Å². The van der Waals surface area contributed by atoms with Crippen LogP contribution >= 0.6 is 0 Å². The van der Waals surface area contributed by atoms with Gasteiger partial charge in [-0.1, -0.05) is 32.0 Å². The molecule has 0 saturated heterocycles. The van der Waals surface area contributed by atoms with Crippen molar-refractivity contribution in [2.24, 2.45) is 0 Å². The summed E-state index contributed by atoms with van der Waals surface area (Å²) in [7, 11) is 0. The molecule has 0 radical (unpaired) electrons. The number of para-hydroxylation sites is 1. The van der Waals surface area contributed by atoms with Crippen molar-refractivity contribution in [1.82, 2.24) is 4.90 Å². The van der Waals surface area contributed by atoms with Crippen LogP contribution in [0.3, 0.4) is 0 Å². The first-order valence-electron chi connectivity index (χ1n) is 9.40. The zero-order chi connectivity index (χ0) is 19.1. The summed E-state index contributed by atoms with van der Waals surface area (Å²) in [5.74, 6) is 1.92. The maximum Gasteiger partial charge on any atom is 0.178 e. The smallest absolute Gasteiger partial charge is 0.178 e. The number of nitrogens with zero attached hydrogens (tertiary/aromatic N) is 1. The number of nitrogens with one attached hydrogen (secondary N) is 1. The second-order valence-electron chi connectivity index (χ2n) is 6.33. The number of ether oxygens (including phenoxy) is 2. The van der Waals surface area contributed by atoms with Gasteiger partial charge in [-0.2, -0.15) is 0 Å². The van der Waals surface area contributed by atoms with Gasteiger partial charge in [0, 0.05) is 29.9 Å². The molecule has 2 aromatic rings. The Balaban J connectivity index is 1.71. The summed E-state index contributed by atoms with van der Waals surface area (Å²) in [4.78, 5) is 14.3. The van der Waals surface area contributed by atoms with E-state index in [9.17, 15) is 4.79 Å². The zero-order valence-electron chi connectivity index (χ0n) is 15.9. The van der Waals surface area contributed by atoms with Crippen LogP contribution in [-0.2, 0) is 4.79 Å². The van der Waals surface area contributed by atoms with Gasteiger partial charge in [-0.3, -0.25) is 4.79 Å². The number of carbonyl (C=O) groups is 1. The van der Waals surface area contributed by atoms with Gasteiger partial charge in [0.2, 0.25) is 0 Å². The number of benzene rings is 2. The summed E-state index contributed by atoms with van der Waals surface area (Å²) in [6, 6.07) is 15.3. The van der Waals surface area contributed by atoms with Crippen LogP contribution in [0.15, 0.2) is 54.6 Å². The molecule has 1 aliphatic rings. The van der Waals surface area contributed by atoms with E-state index in [0.717, 1.165) is 36.6 Å². The van der Waals surface area contributed by atoms with Crippen LogP contribution in [-0.4, -0.2) is 43.5 Å². The topological polar surface area (TPSA) is 50.8 Å². The minimum absolute atomic E-state index is 0.0205. The molecule has 0 aromatic heterocycles. The Labute approximate surface area is 160 Å². The number of anilines is 1. The highest BCUT2D eigenvalue weighted by atomic mass is 16.5. The van der Waals surface area contributed by atoms with E-state index in [4.69, 9.17) is 9.47 Å². The van der Waals surface area contributed by atoms with Gasteiger partial charge >= 0.3 is 0 Å². The van der Waals surface area contributed by atoms with E-state index in [1.165, 1.54) is 0 Å². The molecular weight excluding hydrogens is 340 g/mol. The third-order valence-corrected chi connectivity index (χ3v) is 4.54. The van der Waals surface area contributed by atoms with Crippen LogP contribution in [0.5, 0.6) is 11.5 Å². The molecule has 0 bridgehead atoms. The lowest BCUT2D eigenvalue weighted by Gasteiger charge is -2.18. The van der Waals surface area contributed by atoms with Crippen LogP contribution in [0, 0.1) is 0 Å². The van der Waals surface area contributed by atoms with Crippen molar-refractivity contribution in [2.45, 2.75) is 13.8 Å². The number of rotatable bonds is 8. The van der Waals surface area contributed by atoms with Gasteiger partial charge in [0.25, 0.3) is 0 Å². The Morgan fingerprint density at radius 2 is 1.81 bits per heavy atom. The molecule has 0 fully saturated rings. The largest absolute Gasteiger partial charge is 0.492 e. The molecule has 27 heavy (non-hydrogen) atoms. The maximum atomic E-state index is 12.0. The Bertz CT molecular complexity index is 813. The van der Waals surface area contributed by atoms with Crippen molar-refractivity contribution in [3.63, 3.8) is 0 Å². The molecule has 0 aliphatic carbocycles. The van der Waals surface area contributed by atoms with E-state index in [1.54, 1.807) is 6.08 Å². The number of carbonyl (C=O) groups excluding carboxylic acids is 1. The predicted octanol–water partition coefficient (Wildman–Crippen LogP) is 3.82. The molecule has 0 amide bonds. The molecule has 5 heteroatoms. The Hall–Kier alpha value is -2.79. The quantitative estimate of drug-likeness (QED) is 0.770. The van der Waals surface area contributed by atoms with Crippen molar-refractivity contribution in [3.05, 3.63) is 60.2 Å². The third-order valence-electron chi connectivity index (χ3n) is 4.54. The van der Waals surface area contributed by atoms with E-state index >= 15 is 0 Å². The lowest BCUT2D eigenvalue weighted by atomic mass is 10.1. The average molecular weight is 366 g/mol. The first kappa shape index (κ1) is 19.0.